The molecule has 0 spiro atoms. The molecule has 1 aliphatic rings. The van der Waals surface area contributed by atoms with Crippen LogP contribution in [0.4, 0.5) is 5.69 Å². The number of aryl methyl sites for hydroxylation is 1. The number of amides is 1. The fourth-order valence-corrected chi connectivity index (χ4v) is 1.56. The molecule has 1 aromatic rings. The summed E-state index contributed by atoms with van der Waals surface area (Å²) < 4.78 is 6.10. The van der Waals surface area contributed by atoms with E-state index in [2.05, 4.69) is 20.9 Å². The van der Waals surface area contributed by atoms with Crippen molar-refractivity contribution in [2.24, 2.45) is 0 Å². The van der Waals surface area contributed by atoms with Crippen LogP contribution in [0.25, 0.3) is 0 Å². The van der Waals surface area contributed by atoms with Crippen LogP contribution in [-0.4, -0.2) is 24.5 Å². The number of likely N-dealkylation sites (N-methyl/N-ethyl adjacent to an activating group) is 1. The minimum Gasteiger partial charge on any atom is -0.466 e. The highest BCUT2D eigenvalue weighted by molar-refractivity contribution is 9.10. The highest BCUT2D eigenvalue weighted by atomic mass is 79.9. The maximum atomic E-state index is 11.3. The molecular formula is C9H9BrN2O2. The van der Waals surface area contributed by atoms with Gasteiger partial charge < -0.3 is 9.64 Å². The van der Waals surface area contributed by atoms with Crippen molar-refractivity contribution in [3.8, 4) is 5.88 Å². The summed E-state index contributed by atoms with van der Waals surface area (Å²) in [6.45, 7) is 1.95. The van der Waals surface area contributed by atoms with Crippen molar-refractivity contribution in [3.05, 3.63) is 16.2 Å². The van der Waals surface area contributed by atoms with Crippen molar-refractivity contribution in [1.29, 1.82) is 0 Å². The summed E-state index contributed by atoms with van der Waals surface area (Å²) in [6, 6.07) is 1.84. The first-order valence-corrected chi connectivity index (χ1v) is 4.95. The van der Waals surface area contributed by atoms with E-state index in [-0.39, 0.29) is 12.5 Å². The quantitative estimate of drug-likeness (QED) is 0.707. The Bertz CT molecular complexity index is 406. The number of rotatable bonds is 0. The molecule has 1 aliphatic heterocycles. The molecule has 5 heteroatoms. The zero-order valence-corrected chi connectivity index (χ0v) is 9.46. The average molecular weight is 257 g/mol. The van der Waals surface area contributed by atoms with Gasteiger partial charge in [-0.2, -0.15) is 0 Å². The van der Waals surface area contributed by atoms with Crippen LogP contribution in [0.1, 0.15) is 5.69 Å². The Morgan fingerprint density at radius 2 is 2.36 bits per heavy atom. The van der Waals surface area contributed by atoms with E-state index < -0.39 is 0 Å². The largest absolute Gasteiger partial charge is 0.466 e. The lowest BCUT2D eigenvalue weighted by atomic mass is 10.3. The van der Waals surface area contributed by atoms with Crippen molar-refractivity contribution in [1.82, 2.24) is 4.98 Å². The van der Waals surface area contributed by atoms with Gasteiger partial charge in [-0.05, 0) is 28.9 Å². The Morgan fingerprint density at radius 1 is 1.64 bits per heavy atom. The molecule has 0 fully saturated rings. The van der Waals surface area contributed by atoms with Crippen molar-refractivity contribution < 1.29 is 9.53 Å². The third kappa shape index (κ3) is 1.37. The molecule has 0 aromatic carbocycles. The second kappa shape index (κ2) is 3.24. The van der Waals surface area contributed by atoms with Gasteiger partial charge in [-0.3, -0.25) is 4.79 Å². The molecular weight excluding hydrogens is 248 g/mol. The Balaban J connectivity index is 2.55. The van der Waals surface area contributed by atoms with Gasteiger partial charge in [0, 0.05) is 11.5 Å². The fraction of sp³-hybridized carbons (Fsp3) is 0.333. The first-order chi connectivity index (χ1) is 6.59. The Morgan fingerprint density at radius 3 is 3.07 bits per heavy atom. The van der Waals surface area contributed by atoms with E-state index >= 15 is 0 Å². The van der Waals surface area contributed by atoms with Crippen molar-refractivity contribution >= 4 is 27.5 Å². The number of carbonyl (C=O) groups is 1. The van der Waals surface area contributed by atoms with Gasteiger partial charge in [-0.25, -0.2) is 4.98 Å². The number of nitrogens with zero attached hydrogens (tertiary/aromatic N) is 2. The van der Waals surface area contributed by atoms with Crippen LogP contribution in [0, 0.1) is 6.92 Å². The standard InChI is InChI=1S/C9H9BrN2O2/c1-5-6(10)3-7-9(11-5)14-4-8(13)12(7)2/h3H,4H2,1-2H3. The number of carbonyl (C=O) groups excluding carboxylic acids is 1. The monoisotopic (exact) mass is 256 g/mol. The molecule has 2 rings (SSSR count). The molecule has 2 heterocycles. The van der Waals surface area contributed by atoms with Gasteiger partial charge in [-0.15, -0.1) is 0 Å². The highest BCUT2D eigenvalue weighted by Gasteiger charge is 2.24. The van der Waals surface area contributed by atoms with Crippen LogP contribution in [-0.2, 0) is 4.79 Å². The summed E-state index contributed by atoms with van der Waals surface area (Å²) in [4.78, 5) is 17.1. The molecule has 0 saturated carbocycles. The molecule has 14 heavy (non-hydrogen) atoms. The van der Waals surface area contributed by atoms with Crippen LogP contribution < -0.4 is 9.64 Å². The molecule has 0 atom stereocenters. The zero-order valence-electron chi connectivity index (χ0n) is 7.87. The number of hydrogen-bond acceptors (Lipinski definition) is 3. The van der Waals surface area contributed by atoms with E-state index in [1.54, 1.807) is 11.9 Å². The molecule has 4 nitrogen and oxygen atoms in total. The molecule has 0 saturated heterocycles. The molecule has 0 radical (unpaired) electrons. The summed E-state index contributed by atoms with van der Waals surface area (Å²) in [5.41, 5.74) is 1.56. The number of halogens is 1. The van der Waals surface area contributed by atoms with Crippen LogP contribution >= 0.6 is 15.9 Å². The van der Waals surface area contributed by atoms with E-state index in [1.807, 2.05) is 13.0 Å². The number of pyridine rings is 1. The lowest BCUT2D eigenvalue weighted by molar-refractivity contribution is -0.121. The predicted octanol–water partition coefficient (Wildman–Crippen LogP) is 1.51. The third-order valence-electron chi connectivity index (χ3n) is 2.17. The van der Waals surface area contributed by atoms with Crippen LogP contribution in [0.3, 0.4) is 0 Å². The average Bonchev–Trinajstić information content (AvgIpc) is 2.15. The summed E-state index contributed by atoms with van der Waals surface area (Å²) in [5.74, 6) is 0.461. The van der Waals surface area contributed by atoms with Crippen LogP contribution in [0.15, 0.2) is 10.5 Å². The number of ether oxygens (including phenoxy) is 1. The molecule has 0 aliphatic carbocycles. The van der Waals surface area contributed by atoms with Crippen LogP contribution in [0.2, 0.25) is 0 Å². The van der Waals surface area contributed by atoms with E-state index in [0.29, 0.717) is 11.6 Å². The maximum absolute atomic E-state index is 11.3. The van der Waals surface area contributed by atoms with Crippen molar-refractivity contribution in [2.75, 3.05) is 18.6 Å². The third-order valence-corrected chi connectivity index (χ3v) is 2.97. The normalized spacial score (nSPS) is 15.1. The Kier molecular flexibility index (Phi) is 2.19. The summed E-state index contributed by atoms with van der Waals surface area (Å²) in [7, 11) is 1.72. The fourth-order valence-electron chi connectivity index (χ4n) is 1.26. The molecule has 1 aromatic heterocycles. The molecule has 0 unspecified atom stereocenters. The zero-order chi connectivity index (χ0) is 10.3. The lowest BCUT2D eigenvalue weighted by Crippen LogP contribution is -2.35. The van der Waals surface area contributed by atoms with Gasteiger partial charge >= 0.3 is 0 Å². The molecule has 0 N–H and O–H groups in total. The second-order valence-electron chi connectivity index (χ2n) is 3.12. The van der Waals surface area contributed by atoms with Crippen molar-refractivity contribution in [3.63, 3.8) is 0 Å². The van der Waals surface area contributed by atoms with E-state index in [4.69, 9.17) is 4.74 Å². The van der Waals surface area contributed by atoms with E-state index in [1.165, 1.54) is 0 Å². The van der Waals surface area contributed by atoms with Crippen LogP contribution in [0.5, 0.6) is 5.88 Å². The molecule has 0 bridgehead atoms. The van der Waals surface area contributed by atoms with Gasteiger partial charge in [0.2, 0.25) is 5.88 Å². The Hall–Kier alpha value is -1.10. The first-order valence-electron chi connectivity index (χ1n) is 4.16. The van der Waals surface area contributed by atoms with Gasteiger partial charge in [0.05, 0.1) is 5.69 Å². The number of hydrogen-bond donors (Lipinski definition) is 0. The smallest absolute Gasteiger partial charge is 0.264 e. The van der Waals surface area contributed by atoms with Gasteiger partial charge in [0.1, 0.15) is 5.69 Å². The summed E-state index contributed by atoms with van der Waals surface area (Å²) >= 11 is 3.37. The first kappa shape index (κ1) is 9.45. The second-order valence-corrected chi connectivity index (χ2v) is 3.98. The summed E-state index contributed by atoms with van der Waals surface area (Å²) in [6.07, 6.45) is 0. The number of fused-ring (bicyclic) bond motifs is 1. The molecule has 74 valence electrons. The highest BCUT2D eigenvalue weighted by Crippen LogP contribution is 2.32. The maximum Gasteiger partial charge on any atom is 0.264 e. The van der Waals surface area contributed by atoms with Crippen molar-refractivity contribution in [2.45, 2.75) is 6.92 Å². The minimum absolute atomic E-state index is 0.0601. The number of anilines is 1. The Labute approximate surface area is 90.0 Å². The number of aromatic nitrogens is 1. The van der Waals surface area contributed by atoms with Gasteiger partial charge in [-0.1, -0.05) is 0 Å². The topological polar surface area (TPSA) is 42.4 Å². The van der Waals surface area contributed by atoms with E-state index in [0.717, 1.165) is 10.2 Å². The van der Waals surface area contributed by atoms with Gasteiger partial charge in [0.15, 0.2) is 6.61 Å². The van der Waals surface area contributed by atoms with Gasteiger partial charge in [0.25, 0.3) is 5.91 Å². The molecule has 1 amide bonds. The SMILES string of the molecule is Cc1nc2c(cc1Br)N(C)C(=O)CO2. The van der Waals surface area contributed by atoms with E-state index in [9.17, 15) is 4.79 Å². The minimum atomic E-state index is -0.0601. The lowest BCUT2D eigenvalue weighted by Gasteiger charge is -2.25. The predicted molar refractivity (Wildman–Crippen MR) is 55.6 cm³/mol. The summed E-state index contributed by atoms with van der Waals surface area (Å²) in [5, 5.41) is 0.